The summed E-state index contributed by atoms with van der Waals surface area (Å²) in [4.78, 5) is 11.5. The Kier molecular flexibility index (Phi) is 2.86. The zero-order valence-corrected chi connectivity index (χ0v) is 8.86. The van der Waals surface area contributed by atoms with Crippen LogP contribution in [0.2, 0.25) is 0 Å². The van der Waals surface area contributed by atoms with Crippen LogP contribution in [0.3, 0.4) is 0 Å². The number of alkyl halides is 3. The molecule has 0 bridgehead atoms. The van der Waals surface area contributed by atoms with Gasteiger partial charge in [0, 0.05) is 12.5 Å². The van der Waals surface area contributed by atoms with Crippen molar-refractivity contribution < 1.29 is 18.0 Å². The van der Waals surface area contributed by atoms with Gasteiger partial charge in [0.2, 0.25) is 5.91 Å². The summed E-state index contributed by atoms with van der Waals surface area (Å²) in [6, 6.07) is 0.0454. The topological polar surface area (TPSA) is 41.1 Å². The van der Waals surface area contributed by atoms with Crippen molar-refractivity contribution in [1.29, 1.82) is 0 Å². The fourth-order valence-corrected chi connectivity index (χ4v) is 2.08. The van der Waals surface area contributed by atoms with Crippen molar-refractivity contribution in [2.24, 2.45) is 0 Å². The lowest BCUT2D eigenvalue weighted by atomic mass is 10.1. The molecule has 0 aromatic carbocycles. The number of halogens is 3. The Labute approximate surface area is 91.8 Å². The lowest BCUT2D eigenvalue weighted by Gasteiger charge is -2.21. The van der Waals surface area contributed by atoms with E-state index in [4.69, 9.17) is 0 Å². The van der Waals surface area contributed by atoms with Gasteiger partial charge < -0.3 is 10.6 Å². The first kappa shape index (κ1) is 11.7. The molecule has 16 heavy (non-hydrogen) atoms. The average Bonchev–Trinajstić information content (AvgIpc) is 2.75. The van der Waals surface area contributed by atoms with Crippen LogP contribution >= 0.6 is 0 Å². The highest BCUT2D eigenvalue weighted by Gasteiger charge is 2.64. The Morgan fingerprint density at radius 1 is 1.44 bits per heavy atom. The maximum Gasteiger partial charge on any atom is 0.411 e. The van der Waals surface area contributed by atoms with Crippen LogP contribution in [0, 0.1) is 0 Å². The lowest BCUT2D eigenvalue weighted by Crippen LogP contribution is -2.49. The molecule has 1 atom stereocenters. The van der Waals surface area contributed by atoms with Crippen molar-refractivity contribution in [1.82, 2.24) is 10.6 Å². The molecule has 1 heterocycles. The van der Waals surface area contributed by atoms with Crippen LogP contribution in [0.25, 0.3) is 0 Å². The lowest BCUT2D eigenvalue weighted by molar-refractivity contribution is -0.170. The molecule has 1 saturated heterocycles. The summed E-state index contributed by atoms with van der Waals surface area (Å²) >= 11 is 0. The maximum absolute atomic E-state index is 12.5. The van der Waals surface area contributed by atoms with Gasteiger partial charge in [0.05, 0.1) is 0 Å². The summed E-state index contributed by atoms with van der Waals surface area (Å²) in [6.45, 7) is 0.850. The summed E-state index contributed by atoms with van der Waals surface area (Å²) in [6.07, 6.45) is -2.28. The van der Waals surface area contributed by atoms with Crippen LogP contribution in [0.15, 0.2) is 0 Å². The zero-order valence-electron chi connectivity index (χ0n) is 8.86. The fourth-order valence-electron chi connectivity index (χ4n) is 2.08. The standard InChI is InChI=1S/C10H15F3N2O/c11-10(12,13)9(3-4-9)15-8(16)6-7-2-1-5-14-7/h7,14H,1-6H2,(H,15,16). The van der Waals surface area contributed by atoms with E-state index in [1.807, 2.05) is 0 Å². The van der Waals surface area contributed by atoms with Crippen molar-refractivity contribution in [3.63, 3.8) is 0 Å². The summed E-state index contributed by atoms with van der Waals surface area (Å²) in [5, 5.41) is 5.22. The second-order valence-electron chi connectivity index (χ2n) is 4.63. The van der Waals surface area contributed by atoms with Gasteiger partial charge in [-0.05, 0) is 32.2 Å². The minimum Gasteiger partial charge on any atom is -0.342 e. The summed E-state index contributed by atoms with van der Waals surface area (Å²) in [5.74, 6) is -0.491. The second kappa shape index (κ2) is 3.91. The molecule has 92 valence electrons. The molecule has 2 aliphatic rings. The molecule has 2 N–H and O–H groups in total. The van der Waals surface area contributed by atoms with Gasteiger partial charge in [-0.2, -0.15) is 13.2 Å². The van der Waals surface area contributed by atoms with Crippen LogP contribution in [0.4, 0.5) is 13.2 Å². The third-order valence-electron chi connectivity index (χ3n) is 3.27. The summed E-state index contributed by atoms with van der Waals surface area (Å²) < 4.78 is 37.6. The minimum atomic E-state index is -4.31. The average molecular weight is 236 g/mol. The van der Waals surface area contributed by atoms with E-state index in [0.29, 0.717) is 0 Å². The molecule has 3 nitrogen and oxygen atoms in total. The van der Waals surface area contributed by atoms with Gasteiger partial charge in [-0.25, -0.2) is 0 Å². The molecule has 2 fully saturated rings. The molecule has 0 radical (unpaired) electrons. The Morgan fingerprint density at radius 3 is 2.56 bits per heavy atom. The monoisotopic (exact) mass is 236 g/mol. The predicted octanol–water partition coefficient (Wildman–Crippen LogP) is 1.34. The van der Waals surface area contributed by atoms with Crippen molar-refractivity contribution in [2.45, 2.75) is 49.9 Å². The number of nitrogens with one attached hydrogen (secondary N) is 2. The van der Waals surface area contributed by atoms with Crippen molar-refractivity contribution in [3.05, 3.63) is 0 Å². The van der Waals surface area contributed by atoms with Gasteiger partial charge in [-0.3, -0.25) is 4.79 Å². The van der Waals surface area contributed by atoms with Gasteiger partial charge in [0.15, 0.2) is 0 Å². The second-order valence-corrected chi connectivity index (χ2v) is 4.63. The van der Waals surface area contributed by atoms with E-state index in [0.717, 1.165) is 19.4 Å². The van der Waals surface area contributed by atoms with Gasteiger partial charge in [0.1, 0.15) is 5.54 Å². The number of amides is 1. The SMILES string of the molecule is O=C(CC1CCCN1)NC1(C(F)(F)F)CC1. The van der Waals surface area contributed by atoms with Crippen molar-refractivity contribution in [2.75, 3.05) is 6.54 Å². The highest BCUT2D eigenvalue weighted by molar-refractivity contribution is 5.78. The Bertz CT molecular complexity index is 280. The molecule has 1 aliphatic heterocycles. The Morgan fingerprint density at radius 2 is 2.12 bits per heavy atom. The zero-order chi connectivity index (χ0) is 11.8. The van der Waals surface area contributed by atoms with Gasteiger partial charge in [0.25, 0.3) is 0 Å². The van der Waals surface area contributed by atoms with Gasteiger partial charge in [-0.1, -0.05) is 0 Å². The molecular weight excluding hydrogens is 221 g/mol. The van der Waals surface area contributed by atoms with E-state index in [1.54, 1.807) is 0 Å². The van der Waals surface area contributed by atoms with Gasteiger partial charge >= 0.3 is 6.18 Å². The van der Waals surface area contributed by atoms with Crippen LogP contribution in [0.1, 0.15) is 32.1 Å². The third-order valence-corrected chi connectivity index (χ3v) is 3.27. The maximum atomic E-state index is 12.5. The van der Waals surface area contributed by atoms with E-state index in [1.165, 1.54) is 0 Å². The predicted molar refractivity (Wildman–Crippen MR) is 51.8 cm³/mol. The molecular formula is C10H15F3N2O. The highest BCUT2D eigenvalue weighted by atomic mass is 19.4. The molecule has 1 unspecified atom stereocenters. The van der Waals surface area contributed by atoms with E-state index in [-0.39, 0.29) is 25.3 Å². The number of hydrogen-bond acceptors (Lipinski definition) is 2. The molecule has 6 heteroatoms. The third kappa shape index (κ3) is 2.31. The first-order valence-corrected chi connectivity index (χ1v) is 5.54. The number of carbonyl (C=O) groups excluding carboxylic acids is 1. The van der Waals surface area contributed by atoms with Crippen molar-refractivity contribution in [3.8, 4) is 0 Å². The molecule has 0 spiro atoms. The van der Waals surface area contributed by atoms with E-state index in [9.17, 15) is 18.0 Å². The minimum absolute atomic E-state index is 0.0142. The molecule has 2 rings (SSSR count). The molecule has 0 aromatic heterocycles. The van der Waals surface area contributed by atoms with Crippen molar-refractivity contribution >= 4 is 5.91 Å². The Balaban J connectivity index is 1.83. The van der Waals surface area contributed by atoms with Gasteiger partial charge in [-0.15, -0.1) is 0 Å². The van der Waals surface area contributed by atoms with E-state index in [2.05, 4.69) is 10.6 Å². The quantitative estimate of drug-likeness (QED) is 0.776. The first-order valence-electron chi connectivity index (χ1n) is 5.54. The molecule has 0 aromatic rings. The summed E-state index contributed by atoms with van der Waals surface area (Å²) in [7, 11) is 0. The van der Waals surface area contributed by atoms with Crippen LogP contribution in [-0.2, 0) is 4.79 Å². The molecule has 1 saturated carbocycles. The molecule has 1 aliphatic carbocycles. The number of rotatable bonds is 3. The fraction of sp³-hybridized carbons (Fsp3) is 0.900. The largest absolute Gasteiger partial charge is 0.411 e. The highest BCUT2D eigenvalue weighted by Crippen LogP contribution is 2.48. The smallest absolute Gasteiger partial charge is 0.342 e. The summed E-state index contributed by atoms with van der Waals surface area (Å²) in [5.41, 5.74) is -1.91. The van der Waals surface area contributed by atoms with Crippen LogP contribution < -0.4 is 10.6 Å². The van der Waals surface area contributed by atoms with E-state index >= 15 is 0 Å². The normalized spacial score (nSPS) is 27.8. The molecule has 1 amide bonds. The number of carbonyl (C=O) groups is 1. The van der Waals surface area contributed by atoms with E-state index < -0.39 is 17.6 Å². The number of hydrogen-bond donors (Lipinski definition) is 2. The Hall–Kier alpha value is -0.780. The van der Waals surface area contributed by atoms with Crippen LogP contribution in [-0.4, -0.2) is 30.2 Å². The van der Waals surface area contributed by atoms with Crippen LogP contribution in [0.5, 0.6) is 0 Å². The first-order chi connectivity index (χ1) is 7.43.